The summed E-state index contributed by atoms with van der Waals surface area (Å²) in [5.74, 6) is 0. The lowest BCUT2D eigenvalue weighted by Gasteiger charge is -2.13. The average Bonchev–Trinajstić information content (AvgIpc) is 3.00. The topological polar surface area (TPSA) is 55.6 Å². The Hall–Kier alpha value is -2.40. The number of hydrogen-bond donors (Lipinski definition) is 1. The highest BCUT2D eigenvalue weighted by molar-refractivity contribution is 6.33. The highest BCUT2D eigenvalue weighted by Gasteiger charge is 2.09. The van der Waals surface area contributed by atoms with Gasteiger partial charge in [0.1, 0.15) is 18.3 Å². The molecule has 0 unspecified atom stereocenters. The van der Waals surface area contributed by atoms with E-state index in [4.69, 9.17) is 11.6 Å². The first-order chi connectivity index (χ1) is 10.2. The van der Waals surface area contributed by atoms with Gasteiger partial charge < -0.3 is 5.32 Å². The van der Waals surface area contributed by atoms with E-state index < -0.39 is 0 Å². The third-order valence-electron chi connectivity index (χ3n) is 3.07. The maximum atomic E-state index is 6.28. The van der Waals surface area contributed by atoms with Crippen LogP contribution in [0.2, 0.25) is 5.02 Å². The summed E-state index contributed by atoms with van der Waals surface area (Å²) >= 11 is 6.28. The van der Waals surface area contributed by atoms with E-state index in [1.165, 1.54) is 6.33 Å². The molecule has 6 heteroatoms. The first-order valence-electron chi connectivity index (χ1n) is 6.53. The number of aromatic nitrogens is 4. The van der Waals surface area contributed by atoms with Gasteiger partial charge in [-0.3, -0.25) is 4.98 Å². The van der Waals surface area contributed by atoms with Gasteiger partial charge in [-0.1, -0.05) is 23.7 Å². The molecule has 2 aromatic heterocycles. The number of benzene rings is 1. The van der Waals surface area contributed by atoms with E-state index >= 15 is 0 Å². The molecule has 0 saturated heterocycles. The van der Waals surface area contributed by atoms with Crippen molar-refractivity contribution < 1.29 is 0 Å². The minimum Gasteiger partial charge on any atom is -0.378 e. The van der Waals surface area contributed by atoms with E-state index in [1.807, 2.05) is 43.5 Å². The number of para-hydroxylation sites is 1. The van der Waals surface area contributed by atoms with Crippen LogP contribution in [-0.4, -0.2) is 19.7 Å². The van der Waals surface area contributed by atoms with Crippen molar-refractivity contribution in [2.45, 2.75) is 13.5 Å². The molecule has 0 fully saturated rings. The summed E-state index contributed by atoms with van der Waals surface area (Å²) in [4.78, 5) is 8.34. The zero-order valence-electron chi connectivity index (χ0n) is 11.5. The second-order valence-electron chi connectivity index (χ2n) is 4.66. The molecule has 3 aromatic rings. The molecule has 0 radical (unpaired) electrons. The molecule has 0 saturated carbocycles. The molecule has 0 atom stereocenters. The van der Waals surface area contributed by atoms with Crippen LogP contribution >= 0.6 is 11.6 Å². The van der Waals surface area contributed by atoms with Gasteiger partial charge in [0.15, 0.2) is 0 Å². The molecule has 0 aliphatic carbocycles. The van der Waals surface area contributed by atoms with Crippen LogP contribution in [0.5, 0.6) is 0 Å². The maximum Gasteiger partial charge on any atom is 0.138 e. The number of aryl methyl sites for hydroxylation is 1. The van der Waals surface area contributed by atoms with E-state index in [9.17, 15) is 0 Å². The minimum atomic E-state index is 0.613. The van der Waals surface area contributed by atoms with Gasteiger partial charge in [0.25, 0.3) is 0 Å². The maximum absolute atomic E-state index is 6.28. The summed E-state index contributed by atoms with van der Waals surface area (Å²) in [6.45, 7) is 2.63. The van der Waals surface area contributed by atoms with E-state index in [1.54, 1.807) is 11.0 Å². The Labute approximate surface area is 127 Å². The van der Waals surface area contributed by atoms with Crippen LogP contribution in [0.25, 0.3) is 5.69 Å². The van der Waals surface area contributed by atoms with Crippen molar-refractivity contribution in [2.24, 2.45) is 0 Å². The molecule has 0 aliphatic heterocycles. The molecular weight excluding hydrogens is 286 g/mol. The third kappa shape index (κ3) is 3.03. The fourth-order valence-electron chi connectivity index (χ4n) is 2.00. The molecule has 106 valence electrons. The van der Waals surface area contributed by atoms with Crippen LogP contribution in [0.4, 0.5) is 5.69 Å². The molecule has 0 bridgehead atoms. The molecule has 0 amide bonds. The predicted octanol–water partition coefficient (Wildman–Crippen LogP) is 3.24. The van der Waals surface area contributed by atoms with Crippen molar-refractivity contribution in [1.29, 1.82) is 0 Å². The summed E-state index contributed by atoms with van der Waals surface area (Å²) in [6.07, 6.45) is 4.96. The molecular formula is C15H14ClN5. The van der Waals surface area contributed by atoms with E-state index in [0.29, 0.717) is 11.6 Å². The normalized spacial score (nSPS) is 10.6. The first-order valence-corrected chi connectivity index (χ1v) is 6.91. The van der Waals surface area contributed by atoms with Gasteiger partial charge in [-0.25, -0.2) is 9.67 Å². The molecule has 0 spiro atoms. The Morgan fingerprint density at radius 1 is 1.24 bits per heavy atom. The fraction of sp³-hybridized carbons (Fsp3) is 0.133. The number of rotatable bonds is 4. The van der Waals surface area contributed by atoms with Gasteiger partial charge in [-0.15, -0.1) is 0 Å². The Morgan fingerprint density at radius 2 is 2.14 bits per heavy atom. The van der Waals surface area contributed by atoms with Gasteiger partial charge in [-0.05, 0) is 30.7 Å². The summed E-state index contributed by atoms with van der Waals surface area (Å²) in [5, 5.41) is 8.10. The monoisotopic (exact) mass is 299 g/mol. The fourth-order valence-corrected chi connectivity index (χ4v) is 2.26. The molecule has 21 heavy (non-hydrogen) atoms. The molecule has 3 rings (SSSR count). The molecule has 2 heterocycles. The summed E-state index contributed by atoms with van der Waals surface area (Å²) in [6, 6.07) is 9.72. The van der Waals surface area contributed by atoms with Crippen LogP contribution in [0.15, 0.2) is 49.2 Å². The molecule has 5 nitrogen and oxygen atoms in total. The van der Waals surface area contributed by atoms with E-state index in [2.05, 4.69) is 20.4 Å². The standard InChI is InChI=1S/C15H14ClN5/c1-11-5-6-12(18-7-11)8-19-14-4-2-3-13(16)15(14)21-10-17-9-20-21/h2-7,9-10,19H,8H2,1H3. The largest absolute Gasteiger partial charge is 0.378 e. The zero-order valence-corrected chi connectivity index (χ0v) is 12.2. The lowest BCUT2D eigenvalue weighted by Crippen LogP contribution is -2.06. The van der Waals surface area contributed by atoms with Gasteiger partial charge in [0, 0.05) is 6.20 Å². The van der Waals surface area contributed by atoms with Crippen molar-refractivity contribution >= 4 is 17.3 Å². The van der Waals surface area contributed by atoms with Crippen LogP contribution in [0.1, 0.15) is 11.3 Å². The highest BCUT2D eigenvalue weighted by atomic mass is 35.5. The number of hydrogen-bond acceptors (Lipinski definition) is 4. The van der Waals surface area contributed by atoms with Gasteiger partial charge in [0.05, 0.1) is 22.9 Å². The van der Waals surface area contributed by atoms with Crippen LogP contribution < -0.4 is 5.32 Å². The second kappa shape index (κ2) is 5.93. The minimum absolute atomic E-state index is 0.613. The van der Waals surface area contributed by atoms with Crippen LogP contribution in [0, 0.1) is 6.92 Å². The Balaban J connectivity index is 1.86. The van der Waals surface area contributed by atoms with Crippen molar-refractivity contribution in [3.63, 3.8) is 0 Å². The lowest BCUT2D eigenvalue weighted by molar-refractivity contribution is 0.877. The Kier molecular flexibility index (Phi) is 3.83. The number of pyridine rings is 1. The summed E-state index contributed by atoms with van der Waals surface area (Å²) < 4.78 is 1.65. The molecule has 1 N–H and O–H groups in total. The van der Waals surface area contributed by atoms with Crippen molar-refractivity contribution in [1.82, 2.24) is 19.7 Å². The second-order valence-corrected chi connectivity index (χ2v) is 5.06. The van der Waals surface area contributed by atoms with E-state index in [-0.39, 0.29) is 0 Å². The van der Waals surface area contributed by atoms with Crippen molar-refractivity contribution in [2.75, 3.05) is 5.32 Å². The number of anilines is 1. The smallest absolute Gasteiger partial charge is 0.138 e. The van der Waals surface area contributed by atoms with Gasteiger partial charge >= 0.3 is 0 Å². The van der Waals surface area contributed by atoms with Gasteiger partial charge in [-0.2, -0.15) is 5.10 Å². The SMILES string of the molecule is Cc1ccc(CNc2cccc(Cl)c2-n2cncn2)nc1. The van der Waals surface area contributed by atoms with Crippen LogP contribution in [0.3, 0.4) is 0 Å². The van der Waals surface area contributed by atoms with Crippen molar-refractivity contribution in [3.05, 3.63) is 65.5 Å². The van der Waals surface area contributed by atoms with Crippen molar-refractivity contribution in [3.8, 4) is 5.69 Å². The summed E-state index contributed by atoms with van der Waals surface area (Å²) in [7, 11) is 0. The van der Waals surface area contributed by atoms with Gasteiger partial charge in [0.2, 0.25) is 0 Å². The number of nitrogens with one attached hydrogen (secondary N) is 1. The quantitative estimate of drug-likeness (QED) is 0.803. The van der Waals surface area contributed by atoms with E-state index in [0.717, 1.165) is 22.6 Å². The Bertz CT molecular complexity index is 722. The lowest BCUT2D eigenvalue weighted by atomic mass is 10.2. The number of halogens is 1. The highest BCUT2D eigenvalue weighted by Crippen LogP contribution is 2.27. The molecule has 0 aliphatic rings. The average molecular weight is 300 g/mol. The van der Waals surface area contributed by atoms with Crippen LogP contribution in [-0.2, 0) is 6.54 Å². The summed E-state index contributed by atoms with van der Waals surface area (Å²) in [5.41, 5.74) is 3.77. The Morgan fingerprint density at radius 3 is 2.86 bits per heavy atom. The zero-order chi connectivity index (χ0) is 14.7. The third-order valence-corrected chi connectivity index (χ3v) is 3.37. The number of nitrogens with zero attached hydrogens (tertiary/aromatic N) is 4. The predicted molar refractivity (Wildman–Crippen MR) is 82.7 cm³/mol. The first kappa shape index (κ1) is 13.6. The molecule has 1 aromatic carbocycles.